The number of carbonyl (C=O) groups excluding carboxylic acids is 2. The third-order valence-electron chi connectivity index (χ3n) is 3.91. The van der Waals surface area contributed by atoms with Gasteiger partial charge in [0.05, 0.1) is 19.2 Å². The number of nitrogens with zero attached hydrogens (tertiary/aromatic N) is 2. The van der Waals surface area contributed by atoms with Crippen molar-refractivity contribution >= 4 is 11.8 Å². The van der Waals surface area contributed by atoms with Crippen LogP contribution in [0.15, 0.2) is 0 Å². The number of hydrogen-bond donors (Lipinski definition) is 1. The monoisotopic (exact) mass is 254 g/mol. The maximum Gasteiger partial charge on any atom is 0.242 e. The van der Waals surface area contributed by atoms with E-state index in [0.717, 1.165) is 32.1 Å². The maximum atomic E-state index is 12.2. The molecule has 2 aliphatic rings. The fraction of sp³-hybridized carbons (Fsp3) is 0.846. The van der Waals surface area contributed by atoms with Crippen molar-refractivity contribution < 1.29 is 14.7 Å². The second-order valence-corrected chi connectivity index (χ2v) is 5.19. The molecule has 0 aliphatic carbocycles. The third-order valence-corrected chi connectivity index (χ3v) is 3.91. The number of amides is 2. The van der Waals surface area contributed by atoms with Crippen LogP contribution in [0, 0.1) is 0 Å². The second kappa shape index (κ2) is 6.18. The molecule has 102 valence electrons. The van der Waals surface area contributed by atoms with E-state index >= 15 is 0 Å². The van der Waals surface area contributed by atoms with Gasteiger partial charge in [-0.3, -0.25) is 9.59 Å². The fourth-order valence-corrected chi connectivity index (χ4v) is 2.81. The molecule has 2 heterocycles. The number of likely N-dealkylation sites (tertiary alicyclic amines) is 2. The zero-order valence-corrected chi connectivity index (χ0v) is 10.8. The van der Waals surface area contributed by atoms with Gasteiger partial charge in [-0.15, -0.1) is 0 Å². The molecule has 0 bridgehead atoms. The number of carbonyl (C=O) groups is 2. The van der Waals surface area contributed by atoms with Crippen molar-refractivity contribution in [2.75, 3.05) is 26.2 Å². The molecule has 2 rings (SSSR count). The minimum absolute atomic E-state index is 0.0122. The van der Waals surface area contributed by atoms with Gasteiger partial charge < -0.3 is 14.9 Å². The van der Waals surface area contributed by atoms with E-state index in [1.165, 1.54) is 0 Å². The number of hydrogen-bond acceptors (Lipinski definition) is 3. The largest absolute Gasteiger partial charge is 0.394 e. The van der Waals surface area contributed by atoms with Crippen LogP contribution in [0.25, 0.3) is 0 Å². The maximum absolute atomic E-state index is 12.2. The molecule has 0 spiro atoms. The van der Waals surface area contributed by atoms with E-state index in [0.29, 0.717) is 19.5 Å². The Bertz CT molecular complexity index is 319. The normalized spacial score (nSPS) is 25.4. The van der Waals surface area contributed by atoms with E-state index in [2.05, 4.69) is 0 Å². The molecule has 2 aliphatic heterocycles. The molecule has 1 N–H and O–H groups in total. The first-order chi connectivity index (χ1) is 8.72. The molecule has 5 heteroatoms. The topological polar surface area (TPSA) is 60.9 Å². The smallest absolute Gasteiger partial charge is 0.242 e. The van der Waals surface area contributed by atoms with Crippen LogP contribution in [0.3, 0.4) is 0 Å². The Hall–Kier alpha value is -1.10. The molecule has 1 unspecified atom stereocenters. The molecule has 1 atom stereocenters. The van der Waals surface area contributed by atoms with E-state index in [-0.39, 0.29) is 31.0 Å². The van der Waals surface area contributed by atoms with E-state index in [1.807, 2.05) is 0 Å². The quantitative estimate of drug-likeness (QED) is 0.791. The fourth-order valence-electron chi connectivity index (χ4n) is 2.81. The van der Waals surface area contributed by atoms with Gasteiger partial charge in [0.25, 0.3) is 0 Å². The lowest BCUT2D eigenvalue weighted by molar-refractivity contribution is -0.141. The van der Waals surface area contributed by atoms with Crippen LogP contribution in [0.4, 0.5) is 0 Å². The van der Waals surface area contributed by atoms with Crippen molar-refractivity contribution in [3.63, 3.8) is 0 Å². The Morgan fingerprint density at radius 1 is 1.22 bits per heavy atom. The van der Waals surface area contributed by atoms with Crippen LogP contribution >= 0.6 is 0 Å². The first-order valence-electron chi connectivity index (χ1n) is 6.90. The van der Waals surface area contributed by atoms with Gasteiger partial charge in [0.1, 0.15) is 0 Å². The molecule has 2 saturated heterocycles. The molecular weight excluding hydrogens is 232 g/mol. The first-order valence-corrected chi connectivity index (χ1v) is 6.90. The summed E-state index contributed by atoms with van der Waals surface area (Å²) < 4.78 is 0. The van der Waals surface area contributed by atoms with Gasteiger partial charge in [0, 0.05) is 19.5 Å². The van der Waals surface area contributed by atoms with E-state index in [1.54, 1.807) is 9.80 Å². The van der Waals surface area contributed by atoms with Gasteiger partial charge in [-0.2, -0.15) is 0 Å². The lowest BCUT2D eigenvalue weighted by Gasteiger charge is -2.27. The highest BCUT2D eigenvalue weighted by molar-refractivity contribution is 5.85. The van der Waals surface area contributed by atoms with Crippen molar-refractivity contribution in [3.05, 3.63) is 0 Å². The van der Waals surface area contributed by atoms with Crippen molar-refractivity contribution in [2.24, 2.45) is 0 Å². The molecule has 18 heavy (non-hydrogen) atoms. The van der Waals surface area contributed by atoms with Crippen molar-refractivity contribution in [1.29, 1.82) is 0 Å². The predicted octanol–water partition coefficient (Wildman–Crippen LogP) is 0.372. The summed E-state index contributed by atoms with van der Waals surface area (Å²) in [6, 6.07) is -0.0421. The van der Waals surface area contributed by atoms with Crippen LogP contribution in [0.1, 0.15) is 38.5 Å². The van der Waals surface area contributed by atoms with Gasteiger partial charge in [0.2, 0.25) is 11.8 Å². The molecule has 0 aromatic carbocycles. The van der Waals surface area contributed by atoms with Crippen LogP contribution in [0.2, 0.25) is 0 Å². The summed E-state index contributed by atoms with van der Waals surface area (Å²) in [5.74, 6) is 0.0856. The predicted molar refractivity (Wildman–Crippen MR) is 66.9 cm³/mol. The van der Waals surface area contributed by atoms with Crippen molar-refractivity contribution in [2.45, 2.75) is 44.6 Å². The van der Waals surface area contributed by atoms with Gasteiger partial charge in [-0.25, -0.2) is 0 Å². The van der Waals surface area contributed by atoms with Crippen molar-refractivity contribution in [3.8, 4) is 0 Å². The summed E-state index contributed by atoms with van der Waals surface area (Å²) in [6.07, 6.45) is 5.38. The Labute approximate surface area is 108 Å². The molecule has 0 radical (unpaired) electrons. The molecule has 0 saturated carbocycles. The first kappa shape index (κ1) is 13.3. The van der Waals surface area contributed by atoms with Crippen LogP contribution in [-0.2, 0) is 9.59 Å². The molecule has 0 aromatic heterocycles. The highest BCUT2D eigenvalue weighted by atomic mass is 16.3. The molecule has 0 aromatic rings. The molecular formula is C13H22N2O3. The highest BCUT2D eigenvalue weighted by Crippen LogP contribution is 2.18. The Morgan fingerprint density at radius 3 is 2.83 bits per heavy atom. The van der Waals surface area contributed by atoms with Crippen LogP contribution in [-0.4, -0.2) is 59.0 Å². The average molecular weight is 254 g/mol. The summed E-state index contributed by atoms with van der Waals surface area (Å²) in [4.78, 5) is 27.4. The Balaban J connectivity index is 1.91. The SMILES string of the molecule is O=C1CCCCCN1CC(=O)N1CCCC1CO. The zero-order valence-electron chi connectivity index (χ0n) is 10.8. The van der Waals surface area contributed by atoms with E-state index < -0.39 is 0 Å². The van der Waals surface area contributed by atoms with E-state index in [4.69, 9.17) is 0 Å². The summed E-state index contributed by atoms with van der Waals surface area (Å²) in [6.45, 7) is 1.63. The van der Waals surface area contributed by atoms with Crippen molar-refractivity contribution in [1.82, 2.24) is 9.80 Å². The molecule has 5 nitrogen and oxygen atoms in total. The van der Waals surface area contributed by atoms with Gasteiger partial charge in [0.15, 0.2) is 0 Å². The van der Waals surface area contributed by atoms with Crippen LogP contribution < -0.4 is 0 Å². The van der Waals surface area contributed by atoms with Gasteiger partial charge in [-0.05, 0) is 25.7 Å². The molecule has 2 fully saturated rings. The van der Waals surface area contributed by atoms with Crippen LogP contribution in [0.5, 0.6) is 0 Å². The summed E-state index contributed by atoms with van der Waals surface area (Å²) in [7, 11) is 0. The number of rotatable bonds is 3. The average Bonchev–Trinajstić information content (AvgIpc) is 2.76. The standard InChI is InChI=1S/C13H22N2O3/c16-10-11-5-4-8-15(11)13(18)9-14-7-3-1-2-6-12(14)17/h11,16H,1-10H2. The van der Waals surface area contributed by atoms with Gasteiger partial charge in [-0.1, -0.05) is 6.42 Å². The minimum Gasteiger partial charge on any atom is -0.394 e. The second-order valence-electron chi connectivity index (χ2n) is 5.19. The molecule has 2 amide bonds. The summed E-state index contributed by atoms with van der Waals surface area (Å²) in [5, 5.41) is 9.21. The number of aliphatic hydroxyl groups is 1. The summed E-state index contributed by atoms with van der Waals surface area (Å²) >= 11 is 0. The lowest BCUT2D eigenvalue weighted by Crippen LogP contribution is -2.45. The Morgan fingerprint density at radius 2 is 2.06 bits per heavy atom. The van der Waals surface area contributed by atoms with E-state index in [9.17, 15) is 14.7 Å². The minimum atomic E-state index is -0.0421. The highest BCUT2D eigenvalue weighted by Gasteiger charge is 2.30. The summed E-state index contributed by atoms with van der Waals surface area (Å²) in [5.41, 5.74) is 0. The van der Waals surface area contributed by atoms with Gasteiger partial charge >= 0.3 is 0 Å². The number of aliphatic hydroxyl groups excluding tert-OH is 1. The zero-order chi connectivity index (χ0) is 13.0. The third kappa shape index (κ3) is 3.02. The lowest BCUT2D eigenvalue weighted by atomic mass is 10.2. The Kier molecular flexibility index (Phi) is 4.58.